The Morgan fingerprint density at radius 3 is 2.94 bits per heavy atom. The maximum Gasteiger partial charge on any atom is 0.342 e. The number of carbonyl (C=O) groups is 1. The minimum atomic E-state index is -0.491. The molecule has 84 valence electrons. The van der Waals surface area contributed by atoms with Crippen molar-refractivity contribution in [1.82, 2.24) is 0 Å². The van der Waals surface area contributed by atoms with Crippen LogP contribution in [-0.4, -0.2) is 12.6 Å². The molecule has 0 aliphatic rings. The number of hydrogen-bond donors (Lipinski definition) is 0. The minimum Gasteiger partial charge on any atom is -0.462 e. The number of furan rings is 1. The Hall–Kier alpha value is -1.84. The summed E-state index contributed by atoms with van der Waals surface area (Å²) in [6.45, 7) is 3.79. The summed E-state index contributed by atoms with van der Waals surface area (Å²) in [5, 5.41) is 0.485. The molecule has 1 aromatic carbocycles. The van der Waals surface area contributed by atoms with Gasteiger partial charge in [-0.3, -0.25) is 0 Å². The van der Waals surface area contributed by atoms with Crippen LogP contribution in [0.1, 0.15) is 22.8 Å². The van der Waals surface area contributed by atoms with E-state index in [4.69, 9.17) is 9.15 Å². The molecular formula is C12H11FO3. The summed E-state index contributed by atoms with van der Waals surface area (Å²) in [6, 6.07) is 2.92. The van der Waals surface area contributed by atoms with E-state index in [1.807, 2.05) is 0 Å². The first-order valence-corrected chi connectivity index (χ1v) is 4.98. The van der Waals surface area contributed by atoms with E-state index in [1.54, 1.807) is 19.9 Å². The third-order valence-electron chi connectivity index (χ3n) is 2.38. The lowest BCUT2D eigenvalue weighted by atomic mass is 10.1. The number of fused-ring (bicyclic) bond motifs is 1. The molecule has 0 amide bonds. The maximum atomic E-state index is 13.4. The summed E-state index contributed by atoms with van der Waals surface area (Å²) >= 11 is 0. The van der Waals surface area contributed by atoms with E-state index in [-0.39, 0.29) is 17.8 Å². The van der Waals surface area contributed by atoms with Crippen molar-refractivity contribution < 1.29 is 18.3 Å². The molecule has 4 heteroatoms. The second-order valence-corrected chi connectivity index (χ2v) is 3.44. The monoisotopic (exact) mass is 222 g/mol. The Bertz CT molecular complexity index is 542. The Kier molecular flexibility index (Phi) is 2.64. The van der Waals surface area contributed by atoms with Crippen LogP contribution in [0.3, 0.4) is 0 Å². The normalized spacial score (nSPS) is 10.7. The fraction of sp³-hybridized carbons (Fsp3) is 0.250. The highest BCUT2D eigenvalue weighted by molar-refractivity contribution is 6.04. The number of ether oxygens (including phenoxy) is 1. The van der Waals surface area contributed by atoms with E-state index in [1.165, 1.54) is 12.3 Å². The van der Waals surface area contributed by atoms with Crippen LogP contribution in [-0.2, 0) is 4.74 Å². The van der Waals surface area contributed by atoms with E-state index in [2.05, 4.69) is 0 Å². The number of carbonyl (C=O) groups excluding carboxylic acids is 1. The van der Waals surface area contributed by atoms with Gasteiger partial charge in [-0.25, -0.2) is 9.18 Å². The van der Waals surface area contributed by atoms with Crippen molar-refractivity contribution >= 4 is 16.9 Å². The fourth-order valence-electron chi connectivity index (χ4n) is 1.64. The summed E-state index contributed by atoms with van der Waals surface area (Å²) < 4.78 is 23.3. The van der Waals surface area contributed by atoms with Gasteiger partial charge in [0.15, 0.2) is 11.4 Å². The van der Waals surface area contributed by atoms with Crippen LogP contribution in [0.2, 0.25) is 0 Å². The lowest BCUT2D eigenvalue weighted by Crippen LogP contribution is -2.03. The molecule has 1 aromatic heterocycles. The first-order valence-electron chi connectivity index (χ1n) is 4.98. The van der Waals surface area contributed by atoms with Gasteiger partial charge in [-0.1, -0.05) is 6.07 Å². The molecule has 0 saturated carbocycles. The first-order chi connectivity index (χ1) is 7.65. The van der Waals surface area contributed by atoms with Gasteiger partial charge in [0.05, 0.1) is 6.61 Å². The van der Waals surface area contributed by atoms with Crippen molar-refractivity contribution in [1.29, 1.82) is 0 Å². The maximum absolute atomic E-state index is 13.4. The van der Waals surface area contributed by atoms with Crippen LogP contribution >= 0.6 is 0 Å². The molecule has 0 fully saturated rings. The van der Waals surface area contributed by atoms with Crippen molar-refractivity contribution in [3.8, 4) is 0 Å². The number of rotatable bonds is 2. The molecule has 16 heavy (non-hydrogen) atoms. The van der Waals surface area contributed by atoms with Crippen LogP contribution in [0, 0.1) is 12.7 Å². The predicted molar refractivity (Wildman–Crippen MR) is 56.9 cm³/mol. The molecule has 0 N–H and O–H groups in total. The van der Waals surface area contributed by atoms with E-state index < -0.39 is 11.8 Å². The summed E-state index contributed by atoms with van der Waals surface area (Å²) in [5.41, 5.74) is 1.16. The SMILES string of the molecule is CCOC(=O)c1coc2c(F)ccc(C)c12. The number of esters is 1. The number of aryl methyl sites for hydroxylation is 1. The van der Waals surface area contributed by atoms with Crippen molar-refractivity contribution in [2.45, 2.75) is 13.8 Å². The zero-order chi connectivity index (χ0) is 11.7. The molecule has 0 radical (unpaired) electrons. The third-order valence-corrected chi connectivity index (χ3v) is 2.38. The number of benzene rings is 1. The van der Waals surface area contributed by atoms with Crippen LogP contribution < -0.4 is 0 Å². The first kappa shape index (κ1) is 10.7. The Morgan fingerprint density at radius 1 is 1.50 bits per heavy atom. The molecule has 0 aliphatic heterocycles. The van der Waals surface area contributed by atoms with E-state index in [0.29, 0.717) is 5.39 Å². The molecule has 0 aliphatic carbocycles. The second kappa shape index (κ2) is 3.96. The number of hydrogen-bond acceptors (Lipinski definition) is 3. The van der Waals surface area contributed by atoms with Gasteiger partial charge in [0.2, 0.25) is 0 Å². The standard InChI is InChI=1S/C12H11FO3/c1-3-15-12(14)8-6-16-11-9(13)5-4-7(2)10(8)11/h4-6H,3H2,1-2H3. The highest BCUT2D eigenvalue weighted by Gasteiger charge is 2.18. The molecular weight excluding hydrogens is 211 g/mol. The minimum absolute atomic E-state index is 0.100. The van der Waals surface area contributed by atoms with E-state index in [0.717, 1.165) is 5.56 Å². The Morgan fingerprint density at radius 2 is 2.25 bits per heavy atom. The predicted octanol–water partition coefficient (Wildman–Crippen LogP) is 3.06. The average molecular weight is 222 g/mol. The molecule has 2 rings (SSSR count). The van der Waals surface area contributed by atoms with Crippen LogP contribution in [0.25, 0.3) is 11.0 Å². The largest absolute Gasteiger partial charge is 0.462 e. The van der Waals surface area contributed by atoms with Crippen molar-refractivity contribution in [3.05, 3.63) is 35.3 Å². The topological polar surface area (TPSA) is 39.4 Å². The summed E-state index contributed by atoms with van der Waals surface area (Å²) in [5.74, 6) is -0.967. The molecule has 3 nitrogen and oxygen atoms in total. The summed E-state index contributed by atoms with van der Waals surface area (Å²) in [6.07, 6.45) is 1.23. The van der Waals surface area contributed by atoms with Gasteiger partial charge in [-0.15, -0.1) is 0 Å². The van der Waals surface area contributed by atoms with Crippen LogP contribution in [0.4, 0.5) is 4.39 Å². The van der Waals surface area contributed by atoms with E-state index in [9.17, 15) is 9.18 Å². The summed E-state index contributed by atoms with van der Waals surface area (Å²) in [7, 11) is 0. The smallest absolute Gasteiger partial charge is 0.342 e. The molecule has 0 unspecified atom stereocenters. The quantitative estimate of drug-likeness (QED) is 0.733. The van der Waals surface area contributed by atoms with Crippen molar-refractivity contribution in [3.63, 3.8) is 0 Å². The van der Waals surface area contributed by atoms with Gasteiger partial charge in [0.1, 0.15) is 11.8 Å². The van der Waals surface area contributed by atoms with Gasteiger partial charge >= 0.3 is 5.97 Å². The van der Waals surface area contributed by atoms with Gasteiger partial charge in [-0.05, 0) is 25.5 Å². The molecule has 1 heterocycles. The van der Waals surface area contributed by atoms with Gasteiger partial charge in [0, 0.05) is 5.39 Å². The second-order valence-electron chi connectivity index (χ2n) is 3.44. The highest BCUT2D eigenvalue weighted by Crippen LogP contribution is 2.27. The van der Waals surface area contributed by atoms with Gasteiger partial charge < -0.3 is 9.15 Å². The molecule has 0 bridgehead atoms. The van der Waals surface area contributed by atoms with Crippen molar-refractivity contribution in [2.24, 2.45) is 0 Å². The van der Waals surface area contributed by atoms with Crippen molar-refractivity contribution in [2.75, 3.05) is 6.61 Å². The Balaban J connectivity index is 2.64. The van der Waals surface area contributed by atoms with Crippen LogP contribution in [0.5, 0.6) is 0 Å². The summed E-state index contributed by atoms with van der Waals surface area (Å²) in [4.78, 5) is 11.6. The average Bonchev–Trinajstić information content (AvgIpc) is 2.69. The third kappa shape index (κ3) is 1.56. The Labute approximate surface area is 91.8 Å². The lowest BCUT2D eigenvalue weighted by molar-refractivity contribution is 0.0527. The van der Waals surface area contributed by atoms with Gasteiger partial charge in [0.25, 0.3) is 0 Å². The molecule has 0 spiro atoms. The molecule has 0 saturated heterocycles. The number of halogens is 1. The molecule has 2 aromatic rings. The highest BCUT2D eigenvalue weighted by atomic mass is 19.1. The van der Waals surface area contributed by atoms with Crippen LogP contribution in [0.15, 0.2) is 22.8 Å². The van der Waals surface area contributed by atoms with Gasteiger partial charge in [-0.2, -0.15) is 0 Å². The lowest BCUT2D eigenvalue weighted by Gasteiger charge is -2.01. The zero-order valence-corrected chi connectivity index (χ0v) is 9.04. The van der Waals surface area contributed by atoms with E-state index >= 15 is 0 Å². The molecule has 0 atom stereocenters. The fourth-order valence-corrected chi connectivity index (χ4v) is 1.64. The zero-order valence-electron chi connectivity index (χ0n) is 9.04.